The second-order valence-electron chi connectivity index (χ2n) is 4.46. The quantitative estimate of drug-likeness (QED) is 0.790. The predicted molar refractivity (Wildman–Crippen MR) is 70.3 cm³/mol. The van der Waals surface area contributed by atoms with Crippen LogP contribution < -0.4 is 4.90 Å². The van der Waals surface area contributed by atoms with Crippen molar-refractivity contribution >= 4 is 17.4 Å². The third-order valence-electron chi connectivity index (χ3n) is 3.12. The van der Waals surface area contributed by atoms with Gasteiger partial charge in [-0.25, -0.2) is 0 Å². The Morgan fingerprint density at radius 3 is 2.74 bits per heavy atom. The maximum Gasteiger partial charge on any atom is 0.416 e. The van der Waals surface area contributed by atoms with Crippen LogP contribution >= 0.6 is 11.8 Å². The van der Waals surface area contributed by atoms with Crippen molar-refractivity contribution < 1.29 is 13.2 Å². The topological polar surface area (TPSA) is 27.0 Å². The maximum atomic E-state index is 12.6. The molecule has 19 heavy (non-hydrogen) atoms. The zero-order valence-electron chi connectivity index (χ0n) is 10.4. The number of hydrogen-bond donors (Lipinski definition) is 0. The van der Waals surface area contributed by atoms with Crippen molar-refractivity contribution in [1.82, 2.24) is 0 Å². The molecule has 1 atom stereocenters. The molecule has 0 aromatic heterocycles. The number of alkyl halides is 3. The largest absolute Gasteiger partial charge is 0.416 e. The molecule has 0 amide bonds. The van der Waals surface area contributed by atoms with Crippen molar-refractivity contribution in [2.24, 2.45) is 0 Å². The Hall–Kier alpha value is -1.35. The number of hydrogen-bond acceptors (Lipinski definition) is 3. The highest BCUT2D eigenvalue weighted by atomic mass is 32.2. The minimum atomic E-state index is -4.41. The van der Waals surface area contributed by atoms with Gasteiger partial charge in [-0.15, -0.1) is 0 Å². The number of halogens is 3. The second kappa shape index (κ2) is 5.33. The lowest BCUT2D eigenvalue weighted by atomic mass is 10.1. The highest BCUT2D eigenvalue weighted by Gasteiger charge is 2.32. The number of thioether (sulfide) groups is 1. The Balaban J connectivity index is 2.39. The summed E-state index contributed by atoms with van der Waals surface area (Å²) in [6.45, 7) is 2.77. The monoisotopic (exact) mass is 286 g/mol. The van der Waals surface area contributed by atoms with Crippen molar-refractivity contribution in [1.29, 1.82) is 5.26 Å². The molecule has 0 saturated carbocycles. The molecule has 1 unspecified atom stereocenters. The molecule has 0 aliphatic carbocycles. The van der Waals surface area contributed by atoms with Gasteiger partial charge in [-0.05, 0) is 25.1 Å². The van der Waals surface area contributed by atoms with Crippen LogP contribution in [0, 0.1) is 11.3 Å². The predicted octanol–water partition coefficient (Wildman–Crippen LogP) is 3.52. The van der Waals surface area contributed by atoms with E-state index in [0.29, 0.717) is 5.69 Å². The number of nitriles is 1. The summed E-state index contributed by atoms with van der Waals surface area (Å²) in [5, 5.41) is 9.08. The molecular formula is C13H13F3N2S. The lowest BCUT2D eigenvalue weighted by molar-refractivity contribution is -0.137. The highest BCUT2D eigenvalue weighted by molar-refractivity contribution is 7.99. The van der Waals surface area contributed by atoms with Gasteiger partial charge in [0.15, 0.2) is 0 Å². The number of rotatable bonds is 1. The van der Waals surface area contributed by atoms with E-state index in [1.54, 1.807) is 0 Å². The molecule has 1 fully saturated rings. The second-order valence-corrected chi connectivity index (χ2v) is 5.61. The van der Waals surface area contributed by atoms with Crippen LogP contribution in [0.15, 0.2) is 18.2 Å². The molecule has 0 radical (unpaired) electrons. The van der Waals surface area contributed by atoms with Gasteiger partial charge in [0.1, 0.15) is 6.07 Å². The van der Waals surface area contributed by atoms with E-state index in [-0.39, 0.29) is 11.6 Å². The molecule has 1 saturated heterocycles. The summed E-state index contributed by atoms with van der Waals surface area (Å²) in [6, 6.07) is 5.49. The summed E-state index contributed by atoms with van der Waals surface area (Å²) < 4.78 is 37.9. The fourth-order valence-electron chi connectivity index (χ4n) is 2.14. The van der Waals surface area contributed by atoms with E-state index in [2.05, 4.69) is 0 Å². The van der Waals surface area contributed by atoms with Crippen LogP contribution in [0.2, 0.25) is 0 Å². The first-order valence-electron chi connectivity index (χ1n) is 5.89. The minimum Gasteiger partial charge on any atom is -0.366 e. The van der Waals surface area contributed by atoms with Crippen LogP contribution in [-0.2, 0) is 6.18 Å². The van der Waals surface area contributed by atoms with Crippen LogP contribution in [0.4, 0.5) is 18.9 Å². The van der Waals surface area contributed by atoms with Crippen LogP contribution in [0.1, 0.15) is 18.1 Å². The van der Waals surface area contributed by atoms with Gasteiger partial charge in [0.05, 0.1) is 16.8 Å². The van der Waals surface area contributed by atoms with E-state index in [1.807, 2.05) is 29.7 Å². The van der Waals surface area contributed by atoms with Gasteiger partial charge in [0, 0.05) is 24.1 Å². The molecule has 1 aromatic carbocycles. The van der Waals surface area contributed by atoms with Crippen LogP contribution in [0.5, 0.6) is 0 Å². The lowest BCUT2D eigenvalue weighted by Crippen LogP contribution is -2.40. The van der Waals surface area contributed by atoms with E-state index in [9.17, 15) is 13.2 Å². The molecule has 102 valence electrons. The van der Waals surface area contributed by atoms with Gasteiger partial charge < -0.3 is 4.90 Å². The van der Waals surface area contributed by atoms with Crippen LogP contribution in [-0.4, -0.2) is 24.1 Å². The van der Waals surface area contributed by atoms with E-state index in [1.165, 1.54) is 6.07 Å². The lowest BCUT2D eigenvalue weighted by Gasteiger charge is -2.35. The minimum absolute atomic E-state index is 0.0913. The summed E-state index contributed by atoms with van der Waals surface area (Å²) in [4.78, 5) is 2.01. The van der Waals surface area contributed by atoms with E-state index in [4.69, 9.17) is 5.26 Å². The van der Waals surface area contributed by atoms with Crippen molar-refractivity contribution in [2.75, 3.05) is 23.0 Å². The van der Waals surface area contributed by atoms with Crippen molar-refractivity contribution in [3.8, 4) is 6.07 Å². The SMILES string of the molecule is CC1CSCCN1c1ccc(C(F)(F)F)cc1C#N. The van der Waals surface area contributed by atoms with Gasteiger partial charge >= 0.3 is 6.18 Å². The smallest absolute Gasteiger partial charge is 0.366 e. The Kier molecular flexibility index (Phi) is 3.95. The Morgan fingerprint density at radius 2 is 2.16 bits per heavy atom. The average Bonchev–Trinajstić information content (AvgIpc) is 2.37. The number of benzene rings is 1. The number of anilines is 1. The normalized spacial score (nSPS) is 20.2. The third kappa shape index (κ3) is 2.98. The molecule has 1 aliphatic rings. The van der Waals surface area contributed by atoms with Crippen molar-refractivity contribution in [3.63, 3.8) is 0 Å². The number of nitrogens with zero attached hydrogens (tertiary/aromatic N) is 2. The van der Waals surface area contributed by atoms with Crippen LogP contribution in [0.3, 0.4) is 0 Å². The Labute approximate surface area is 114 Å². The fraction of sp³-hybridized carbons (Fsp3) is 0.462. The first-order valence-corrected chi connectivity index (χ1v) is 7.04. The van der Waals surface area contributed by atoms with Gasteiger partial charge in [-0.3, -0.25) is 0 Å². The molecule has 1 heterocycles. The highest BCUT2D eigenvalue weighted by Crippen LogP contribution is 2.34. The third-order valence-corrected chi connectivity index (χ3v) is 4.31. The van der Waals surface area contributed by atoms with E-state index in [0.717, 1.165) is 30.2 Å². The molecule has 0 bridgehead atoms. The average molecular weight is 286 g/mol. The molecule has 1 aliphatic heterocycles. The van der Waals surface area contributed by atoms with Gasteiger partial charge in [-0.1, -0.05) is 0 Å². The zero-order valence-corrected chi connectivity index (χ0v) is 11.2. The molecule has 2 nitrogen and oxygen atoms in total. The summed E-state index contributed by atoms with van der Waals surface area (Å²) >= 11 is 1.82. The molecule has 0 spiro atoms. The molecular weight excluding hydrogens is 273 g/mol. The Bertz CT molecular complexity index is 508. The molecule has 6 heteroatoms. The van der Waals surface area contributed by atoms with Crippen molar-refractivity contribution in [3.05, 3.63) is 29.3 Å². The standard InChI is InChI=1S/C13H13F3N2S/c1-9-8-19-5-4-18(9)12-3-2-11(13(14,15)16)6-10(12)7-17/h2-3,6,9H,4-5,8H2,1H3. The Morgan fingerprint density at radius 1 is 1.42 bits per heavy atom. The van der Waals surface area contributed by atoms with Gasteiger partial charge in [0.25, 0.3) is 0 Å². The molecule has 1 aromatic rings. The molecule has 0 N–H and O–H groups in total. The summed E-state index contributed by atoms with van der Waals surface area (Å²) in [7, 11) is 0. The van der Waals surface area contributed by atoms with Gasteiger partial charge in [-0.2, -0.15) is 30.2 Å². The fourth-order valence-corrected chi connectivity index (χ4v) is 3.15. The van der Waals surface area contributed by atoms with Crippen molar-refractivity contribution in [2.45, 2.75) is 19.1 Å². The van der Waals surface area contributed by atoms with Crippen LogP contribution in [0.25, 0.3) is 0 Å². The van der Waals surface area contributed by atoms with E-state index < -0.39 is 11.7 Å². The first kappa shape index (κ1) is 14.1. The maximum absolute atomic E-state index is 12.6. The summed E-state index contributed by atoms with van der Waals surface area (Å²) in [5.41, 5.74) is -0.0799. The molecule has 2 rings (SSSR count). The van der Waals surface area contributed by atoms with E-state index >= 15 is 0 Å². The zero-order chi connectivity index (χ0) is 14.0. The first-order chi connectivity index (χ1) is 8.93. The summed E-state index contributed by atoms with van der Waals surface area (Å²) in [5.74, 6) is 1.85. The summed E-state index contributed by atoms with van der Waals surface area (Å²) in [6.07, 6.45) is -4.41. The van der Waals surface area contributed by atoms with Gasteiger partial charge in [0.2, 0.25) is 0 Å².